The molecule has 1 N–H and O–H groups in total. The van der Waals surface area contributed by atoms with E-state index in [4.69, 9.17) is 16.3 Å². The summed E-state index contributed by atoms with van der Waals surface area (Å²) in [6.45, 7) is 0. The first-order chi connectivity index (χ1) is 16.3. The van der Waals surface area contributed by atoms with E-state index in [9.17, 15) is 18.0 Å². The normalized spacial score (nSPS) is 11.5. The Hall–Kier alpha value is -3.46. The molecule has 4 aromatic rings. The molecule has 174 valence electrons. The fraction of sp³-hybridized carbons (Fsp3) is 0.120. The number of ether oxygens (including phenoxy) is 1. The van der Waals surface area contributed by atoms with Crippen LogP contribution in [-0.4, -0.2) is 33.1 Å². The molecular weight excluding hydrogens is 476 g/mol. The Labute approximate surface area is 201 Å². The van der Waals surface area contributed by atoms with Crippen LogP contribution in [0.2, 0.25) is 5.02 Å². The summed E-state index contributed by atoms with van der Waals surface area (Å²) in [5.41, 5.74) is 1.78. The lowest BCUT2D eigenvalue weighted by molar-refractivity contribution is 0.0590. The lowest BCUT2D eigenvalue weighted by Crippen LogP contribution is -2.24. The number of methoxy groups -OCH3 is 1. The maximum absolute atomic E-state index is 13.6. The number of halogens is 1. The lowest BCUT2D eigenvalue weighted by atomic mass is 9.99. The molecule has 34 heavy (non-hydrogen) atoms. The van der Waals surface area contributed by atoms with E-state index < -0.39 is 16.0 Å². The molecule has 0 spiro atoms. The van der Waals surface area contributed by atoms with E-state index in [0.29, 0.717) is 27.2 Å². The minimum Gasteiger partial charge on any atom is -0.464 e. The molecule has 0 fully saturated rings. The smallest absolute Gasteiger partial charge is 0.355 e. The van der Waals surface area contributed by atoms with Crippen LogP contribution in [0.5, 0.6) is 0 Å². The van der Waals surface area contributed by atoms with Crippen LogP contribution >= 0.6 is 11.6 Å². The number of carbonyl (C=O) groups excluding carboxylic acids is 1. The van der Waals surface area contributed by atoms with Crippen LogP contribution in [-0.2, 0) is 21.2 Å². The van der Waals surface area contributed by atoms with Crippen molar-refractivity contribution in [1.82, 2.24) is 9.29 Å². The van der Waals surface area contributed by atoms with Crippen LogP contribution in [0, 0.1) is 0 Å². The molecule has 0 aliphatic carbocycles. The number of nitrogens with one attached hydrogen (secondary N) is 1. The monoisotopic (exact) mass is 496 g/mol. The van der Waals surface area contributed by atoms with Gasteiger partial charge in [0.05, 0.1) is 17.5 Å². The average Bonchev–Trinajstić information content (AvgIpc) is 2.85. The molecule has 0 radical (unpaired) electrons. The average molecular weight is 497 g/mol. The quantitative estimate of drug-likeness (QED) is 0.408. The van der Waals surface area contributed by atoms with E-state index in [1.54, 1.807) is 34.9 Å². The zero-order chi connectivity index (χ0) is 24.5. The van der Waals surface area contributed by atoms with Crippen molar-refractivity contribution in [2.24, 2.45) is 0 Å². The Balaban J connectivity index is 2.00. The van der Waals surface area contributed by atoms with Gasteiger partial charge in [-0.1, -0.05) is 41.9 Å². The third-order valence-corrected chi connectivity index (χ3v) is 7.17. The number of nitrogens with zero attached hydrogens (tertiary/aromatic N) is 1. The molecule has 3 aromatic carbocycles. The summed E-state index contributed by atoms with van der Waals surface area (Å²) in [5.74, 6) is -0.674. The number of benzene rings is 3. The second-order valence-corrected chi connectivity index (χ2v) is 9.83. The predicted molar refractivity (Wildman–Crippen MR) is 131 cm³/mol. The lowest BCUT2D eigenvalue weighted by Gasteiger charge is -2.19. The van der Waals surface area contributed by atoms with Gasteiger partial charge in [-0.15, -0.1) is 0 Å². The summed E-state index contributed by atoms with van der Waals surface area (Å²) < 4.78 is 33.1. The highest BCUT2D eigenvalue weighted by Crippen LogP contribution is 2.26. The summed E-state index contributed by atoms with van der Waals surface area (Å²) in [6.07, 6.45) is 0.0918. The molecule has 0 saturated heterocycles. The molecule has 0 amide bonds. The molecule has 0 aliphatic heterocycles. The highest BCUT2D eigenvalue weighted by molar-refractivity contribution is 7.89. The molecule has 0 atom stereocenters. The summed E-state index contributed by atoms with van der Waals surface area (Å²) in [5, 5.41) is 0.812. The zero-order valence-corrected chi connectivity index (χ0v) is 20.0. The van der Waals surface area contributed by atoms with Crippen molar-refractivity contribution < 1.29 is 17.9 Å². The van der Waals surface area contributed by atoms with Crippen LogP contribution in [0.3, 0.4) is 0 Å². The van der Waals surface area contributed by atoms with Crippen LogP contribution in [0.4, 0.5) is 0 Å². The predicted octanol–water partition coefficient (Wildman–Crippen LogP) is 3.93. The molecular formula is C25H21ClN2O5S. The van der Waals surface area contributed by atoms with Crippen LogP contribution in [0.25, 0.3) is 16.6 Å². The van der Waals surface area contributed by atoms with Gasteiger partial charge in [-0.3, -0.25) is 4.79 Å². The fourth-order valence-corrected chi connectivity index (χ4v) is 4.73. The second kappa shape index (κ2) is 9.42. The van der Waals surface area contributed by atoms with Gasteiger partial charge in [-0.05, 0) is 55.1 Å². The summed E-state index contributed by atoms with van der Waals surface area (Å²) in [4.78, 5) is 26.7. The number of rotatable bonds is 6. The third kappa shape index (κ3) is 4.35. The molecule has 7 nitrogen and oxygen atoms in total. The summed E-state index contributed by atoms with van der Waals surface area (Å²) in [6, 6.07) is 20.2. The number of hydrogen-bond donors (Lipinski definition) is 1. The van der Waals surface area contributed by atoms with Gasteiger partial charge < -0.3 is 9.30 Å². The van der Waals surface area contributed by atoms with E-state index in [2.05, 4.69) is 4.72 Å². The number of pyridine rings is 1. The molecule has 1 heterocycles. The molecule has 0 unspecified atom stereocenters. The van der Waals surface area contributed by atoms with Gasteiger partial charge >= 0.3 is 5.97 Å². The van der Waals surface area contributed by atoms with Gasteiger partial charge in [-0.2, -0.15) is 0 Å². The Morgan fingerprint density at radius 3 is 2.32 bits per heavy atom. The number of carbonyl (C=O) groups is 1. The topological polar surface area (TPSA) is 94.5 Å². The minimum absolute atomic E-state index is 0.0837. The number of aromatic nitrogens is 1. The van der Waals surface area contributed by atoms with Gasteiger partial charge in [0.25, 0.3) is 0 Å². The van der Waals surface area contributed by atoms with Crippen molar-refractivity contribution in [3.05, 3.63) is 105 Å². The largest absolute Gasteiger partial charge is 0.464 e. The van der Waals surface area contributed by atoms with Crippen molar-refractivity contribution in [2.45, 2.75) is 11.3 Å². The number of esters is 1. The maximum atomic E-state index is 13.6. The van der Waals surface area contributed by atoms with Crippen molar-refractivity contribution in [2.75, 3.05) is 14.2 Å². The SMILES string of the molecule is CNS(=O)(=O)c1ccc(Cc2c(C(=O)OC)n(-c3ccccc3)c3cc(Cl)ccc3c2=O)cc1. The van der Waals surface area contributed by atoms with Crippen LogP contribution in [0.15, 0.2) is 82.5 Å². The number of fused-ring (bicyclic) bond motifs is 1. The van der Waals surface area contributed by atoms with Crippen molar-refractivity contribution >= 4 is 38.5 Å². The molecule has 0 bridgehead atoms. The van der Waals surface area contributed by atoms with Crippen molar-refractivity contribution in [1.29, 1.82) is 0 Å². The van der Waals surface area contributed by atoms with E-state index in [1.165, 1.54) is 26.3 Å². The first-order valence-electron chi connectivity index (χ1n) is 10.3. The highest BCUT2D eigenvalue weighted by atomic mass is 35.5. The summed E-state index contributed by atoms with van der Waals surface area (Å²) in [7, 11) is -1.01. The van der Waals surface area contributed by atoms with Gasteiger partial charge in [0.2, 0.25) is 10.0 Å². The Kier molecular flexibility index (Phi) is 6.56. The van der Waals surface area contributed by atoms with Crippen molar-refractivity contribution in [3.63, 3.8) is 0 Å². The zero-order valence-electron chi connectivity index (χ0n) is 18.4. The van der Waals surface area contributed by atoms with E-state index in [-0.39, 0.29) is 28.0 Å². The third-order valence-electron chi connectivity index (χ3n) is 5.51. The Bertz CT molecular complexity index is 1550. The first-order valence-corrected chi connectivity index (χ1v) is 12.2. The Morgan fingerprint density at radius 2 is 1.71 bits per heavy atom. The van der Waals surface area contributed by atoms with Gasteiger partial charge in [0, 0.05) is 28.1 Å². The first kappa shape index (κ1) is 23.7. The molecule has 0 aliphatic rings. The molecule has 9 heteroatoms. The molecule has 0 saturated carbocycles. The molecule has 1 aromatic heterocycles. The van der Waals surface area contributed by atoms with E-state index in [0.717, 1.165) is 0 Å². The van der Waals surface area contributed by atoms with Gasteiger partial charge in [0.1, 0.15) is 5.69 Å². The number of hydrogen-bond acceptors (Lipinski definition) is 5. The maximum Gasteiger partial charge on any atom is 0.355 e. The van der Waals surface area contributed by atoms with Gasteiger partial charge in [0.15, 0.2) is 5.43 Å². The molecule has 4 rings (SSSR count). The fourth-order valence-electron chi connectivity index (χ4n) is 3.84. The second-order valence-electron chi connectivity index (χ2n) is 7.51. The van der Waals surface area contributed by atoms with Gasteiger partial charge in [-0.25, -0.2) is 17.9 Å². The Morgan fingerprint density at radius 1 is 1.03 bits per heavy atom. The number of sulfonamides is 1. The van der Waals surface area contributed by atoms with Crippen LogP contribution < -0.4 is 10.2 Å². The highest BCUT2D eigenvalue weighted by Gasteiger charge is 2.24. The van der Waals surface area contributed by atoms with Crippen LogP contribution in [0.1, 0.15) is 21.6 Å². The van der Waals surface area contributed by atoms with E-state index >= 15 is 0 Å². The van der Waals surface area contributed by atoms with E-state index in [1.807, 2.05) is 30.3 Å². The summed E-state index contributed by atoms with van der Waals surface area (Å²) >= 11 is 6.24. The van der Waals surface area contributed by atoms with Crippen molar-refractivity contribution in [3.8, 4) is 5.69 Å². The standard InChI is InChI=1S/C25H21ClN2O5S/c1-27-34(31,32)19-11-8-16(9-12-19)14-21-23(25(30)33-2)28(18-6-4-3-5-7-18)22-15-17(26)10-13-20(22)24(21)29/h3-13,15,27H,14H2,1-2H3. The minimum atomic E-state index is -3.60. The number of para-hydroxylation sites is 1.